The van der Waals surface area contributed by atoms with Gasteiger partial charge in [-0.2, -0.15) is 0 Å². The maximum absolute atomic E-state index is 13.8. The average Bonchev–Trinajstić information content (AvgIpc) is 3.19. The fourth-order valence-corrected chi connectivity index (χ4v) is 5.40. The van der Waals surface area contributed by atoms with Gasteiger partial charge in [0.1, 0.15) is 12.1 Å². The highest BCUT2D eigenvalue weighted by Crippen LogP contribution is 2.39. The monoisotopic (exact) mass is 522 g/mol. The van der Waals surface area contributed by atoms with Gasteiger partial charge in [-0.05, 0) is 49.1 Å². The number of carbonyl (C=O) groups is 3. The number of piperidine rings is 1. The van der Waals surface area contributed by atoms with Crippen LogP contribution in [-0.4, -0.2) is 80.1 Å². The Morgan fingerprint density at radius 3 is 2.32 bits per heavy atom. The molecule has 4 rings (SSSR count). The molecule has 2 aromatic carbocycles. The van der Waals surface area contributed by atoms with E-state index >= 15 is 0 Å². The zero-order valence-corrected chi connectivity index (χ0v) is 22.7. The number of methoxy groups -OCH3 is 2. The summed E-state index contributed by atoms with van der Waals surface area (Å²) in [7, 11) is 3.18. The molecule has 2 heterocycles. The summed E-state index contributed by atoms with van der Waals surface area (Å²) in [6, 6.07) is 15.5. The minimum absolute atomic E-state index is 0.00944. The van der Waals surface area contributed by atoms with Crippen molar-refractivity contribution >= 4 is 23.4 Å². The first kappa shape index (κ1) is 27.3. The number of rotatable bonds is 9. The van der Waals surface area contributed by atoms with E-state index in [9.17, 15) is 14.4 Å². The number of likely N-dealkylation sites (tertiary alicyclic amines) is 1. The normalized spacial score (nSPS) is 16.8. The summed E-state index contributed by atoms with van der Waals surface area (Å²) in [6.07, 6.45) is 1.70. The highest BCUT2D eigenvalue weighted by Gasteiger charge is 2.54. The van der Waals surface area contributed by atoms with Gasteiger partial charge in [0.05, 0.1) is 20.9 Å². The second kappa shape index (κ2) is 11.8. The summed E-state index contributed by atoms with van der Waals surface area (Å²) in [5.41, 5.74) is 1.20. The molecule has 204 valence electrons. The van der Waals surface area contributed by atoms with Crippen LogP contribution < -0.4 is 19.7 Å². The third kappa shape index (κ3) is 5.56. The van der Waals surface area contributed by atoms with Gasteiger partial charge < -0.3 is 29.5 Å². The molecule has 38 heavy (non-hydrogen) atoms. The van der Waals surface area contributed by atoms with Gasteiger partial charge in [-0.3, -0.25) is 14.4 Å². The maximum Gasteiger partial charge on any atom is 0.250 e. The third-order valence-electron chi connectivity index (χ3n) is 7.50. The molecule has 1 spiro atoms. The molecule has 2 fully saturated rings. The summed E-state index contributed by atoms with van der Waals surface area (Å²) in [5, 5.41) is 2.95. The number of carbonyl (C=O) groups excluding carboxylic acids is 3. The number of ether oxygens (including phenoxy) is 2. The van der Waals surface area contributed by atoms with Crippen molar-refractivity contribution in [2.24, 2.45) is 5.92 Å². The molecular weight excluding hydrogens is 484 g/mol. The van der Waals surface area contributed by atoms with Gasteiger partial charge in [0.15, 0.2) is 11.5 Å². The van der Waals surface area contributed by atoms with E-state index in [4.69, 9.17) is 9.47 Å². The van der Waals surface area contributed by atoms with Gasteiger partial charge >= 0.3 is 0 Å². The molecule has 2 aromatic rings. The Bertz CT molecular complexity index is 1140. The van der Waals surface area contributed by atoms with Crippen LogP contribution in [0, 0.1) is 5.92 Å². The first-order valence-electron chi connectivity index (χ1n) is 13.2. The molecule has 0 aliphatic carbocycles. The van der Waals surface area contributed by atoms with Gasteiger partial charge in [-0.1, -0.05) is 38.1 Å². The van der Waals surface area contributed by atoms with Crippen molar-refractivity contribution in [3.63, 3.8) is 0 Å². The molecule has 0 atom stereocenters. The number of nitrogens with one attached hydrogen (secondary N) is 1. The molecule has 2 saturated heterocycles. The number of hydrogen-bond acceptors (Lipinski definition) is 6. The highest BCUT2D eigenvalue weighted by atomic mass is 16.5. The molecule has 9 nitrogen and oxygen atoms in total. The van der Waals surface area contributed by atoms with E-state index in [0.717, 1.165) is 11.3 Å². The summed E-state index contributed by atoms with van der Waals surface area (Å²) < 4.78 is 10.6. The second-order valence-corrected chi connectivity index (χ2v) is 10.2. The minimum Gasteiger partial charge on any atom is -0.493 e. The quantitative estimate of drug-likeness (QED) is 0.545. The molecular formula is C29H38N4O5. The Morgan fingerprint density at radius 2 is 1.68 bits per heavy atom. The van der Waals surface area contributed by atoms with Crippen LogP contribution in [0.15, 0.2) is 48.5 Å². The van der Waals surface area contributed by atoms with Crippen LogP contribution in [0.5, 0.6) is 11.5 Å². The lowest BCUT2D eigenvalue weighted by atomic mass is 9.85. The molecule has 1 N–H and O–H groups in total. The SMILES string of the molecule is COc1ccc(CCNC(=O)CN2CN(c3ccccc3)C3(CCN(C(=O)C(C)C)CC3)C2=O)cc1OC. The standard InChI is InChI=1S/C29H38N4O5/c1-21(2)27(35)31-16-13-29(14-17-31)28(36)32(20-33(29)23-8-6-5-7-9-23)19-26(34)30-15-12-22-10-11-24(37-3)25(18-22)38-4/h5-11,18,21H,12-17,19-20H2,1-4H3,(H,30,34). The molecule has 9 heteroatoms. The van der Waals surface area contributed by atoms with Crippen molar-refractivity contribution < 1.29 is 23.9 Å². The summed E-state index contributed by atoms with van der Waals surface area (Å²) in [4.78, 5) is 44.9. The fraction of sp³-hybridized carbons (Fsp3) is 0.483. The number of nitrogens with zero attached hydrogens (tertiary/aromatic N) is 3. The van der Waals surface area contributed by atoms with Crippen molar-refractivity contribution in [3.8, 4) is 11.5 Å². The fourth-order valence-electron chi connectivity index (χ4n) is 5.40. The molecule has 0 aromatic heterocycles. The number of amides is 3. The van der Waals surface area contributed by atoms with Crippen molar-refractivity contribution in [2.45, 2.75) is 38.6 Å². The van der Waals surface area contributed by atoms with E-state index in [1.54, 1.807) is 19.1 Å². The first-order valence-corrected chi connectivity index (χ1v) is 13.2. The van der Waals surface area contributed by atoms with Crippen LogP contribution in [0.25, 0.3) is 0 Å². The Balaban J connectivity index is 1.41. The smallest absolute Gasteiger partial charge is 0.250 e. The van der Waals surface area contributed by atoms with Crippen LogP contribution in [0.3, 0.4) is 0 Å². The van der Waals surface area contributed by atoms with Gasteiger partial charge in [0.2, 0.25) is 11.8 Å². The van der Waals surface area contributed by atoms with Crippen LogP contribution >= 0.6 is 0 Å². The average molecular weight is 523 g/mol. The van der Waals surface area contributed by atoms with E-state index in [-0.39, 0.29) is 30.2 Å². The minimum atomic E-state index is -0.755. The van der Waals surface area contributed by atoms with Crippen LogP contribution in [-0.2, 0) is 20.8 Å². The van der Waals surface area contributed by atoms with E-state index in [1.165, 1.54) is 0 Å². The van der Waals surface area contributed by atoms with Crippen molar-refractivity contribution in [2.75, 3.05) is 52.0 Å². The molecule has 2 aliphatic rings. The molecule has 0 unspecified atom stereocenters. The van der Waals surface area contributed by atoms with Crippen molar-refractivity contribution in [1.29, 1.82) is 0 Å². The third-order valence-corrected chi connectivity index (χ3v) is 7.50. The van der Waals surface area contributed by atoms with Crippen LogP contribution in [0.2, 0.25) is 0 Å². The lowest BCUT2D eigenvalue weighted by Crippen LogP contribution is -2.57. The second-order valence-electron chi connectivity index (χ2n) is 10.2. The lowest BCUT2D eigenvalue weighted by molar-refractivity contribution is -0.141. The van der Waals surface area contributed by atoms with E-state index in [1.807, 2.05) is 67.3 Å². The van der Waals surface area contributed by atoms with Crippen molar-refractivity contribution in [1.82, 2.24) is 15.1 Å². The van der Waals surface area contributed by atoms with Crippen molar-refractivity contribution in [3.05, 3.63) is 54.1 Å². The predicted molar refractivity (Wildman–Crippen MR) is 145 cm³/mol. The molecule has 0 saturated carbocycles. The summed E-state index contributed by atoms with van der Waals surface area (Å²) in [5.74, 6) is 1.09. The largest absolute Gasteiger partial charge is 0.493 e. The Kier molecular flexibility index (Phi) is 8.44. The molecule has 3 amide bonds. The topological polar surface area (TPSA) is 91.4 Å². The van der Waals surface area contributed by atoms with E-state index in [0.29, 0.717) is 57.1 Å². The number of hydrogen-bond donors (Lipinski definition) is 1. The lowest BCUT2D eigenvalue weighted by Gasteiger charge is -2.43. The Morgan fingerprint density at radius 1 is 1.00 bits per heavy atom. The summed E-state index contributed by atoms with van der Waals surface area (Å²) >= 11 is 0. The molecule has 2 aliphatic heterocycles. The molecule has 0 bridgehead atoms. The van der Waals surface area contributed by atoms with E-state index < -0.39 is 5.54 Å². The van der Waals surface area contributed by atoms with Gasteiger partial charge in [0, 0.05) is 31.2 Å². The van der Waals surface area contributed by atoms with Gasteiger partial charge in [-0.15, -0.1) is 0 Å². The predicted octanol–water partition coefficient (Wildman–Crippen LogP) is 2.69. The van der Waals surface area contributed by atoms with Gasteiger partial charge in [0.25, 0.3) is 5.91 Å². The zero-order chi connectivity index (χ0) is 27.3. The summed E-state index contributed by atoms with van der Waals surface area (Å²) in [6.45, 7) is 5.62. The Hall–Kier alpha value is -3.75. The van der Waals surface area contributed by atoms with Crippen LogP contribution in [0.4, 0.5) is 5.69 Å². The van der Waals surface area contributed by atoms with E-state index in [2.05, 4.69) is 10.2 Å². The first-order chi connectivity index (χ1) is 18.3. The number of benzene rings is 2. The number of anilines is 1. The van der Waals surface area contributed by atoms with Crippen LogP contribution in [0.1, 0.15) is 32.3 Å². The number of para-hydroxylation sites is 1. The van der Waals surface area contributed by atoms with Gasteiger partial charge in [-0.25, -0.2) is 0 Å². The highest BCUT2D eigenvalue weighted by molar-refractivity contribution is 5.96. The zero-order valence-electron chi connectivity index (χ0n) is 22.7. The maximum atomic E-state index is 13.8. The Labute approximate surface area is 224 Å². The molecule has 0 radical (unpaired) electrons.